The molecule has 166 valence electrons. The zero-order valence-corrected chi connectivity index (χ0v) is 18.7. The van der Waals surface area contributed by atoms with E-state index in [1.807, 2.05) is 27.8 Å². The van der Waals surface area contributed by atoms with Gasteiger partial charge < -0.3 is 15.1 Å². The monoisotopic (exact) mass is 463 g/mol. The minimum absolute atomic E-state index is 0.294. The minimum Gasteiger partial charge on any atom is -0.389 e. The Bertz CT molecular complexity index is 1060. The lowest BCUT2D eigenvalue weighted by molar-refractivity contribution is -0.692. The number of pyridine rings is 1. The first-order valence-electron chi connectivity index (χ1n) is 10.3. The lowest BCUT2D eigenvalue weighted by Gasteiger charge is -2.19. The number of rotatable bonds is 6. The van der Waals surface area contributed by atoms with E-state index >= 15 is 0 Å². The van der Waals surface area contributed by atoms with Gasteiger partial charge in [-0.25, -0.2) is 4.57 Å². The Morgan fingerprint density at radius 1 is 1.10 bits per heavy atom. The molecule has 4 rings (SSSR count). The summed E-state index contributed by atoms with van der Waals surface area (Å²) >= 11 is 0. The van der Waals surface area contributed by atoms with Gasteiger partial charge in [0.2, 0.25) is 0 Å². The number of hydrogen-bond acceptors (Lipinski definition) is 6. The maximum Gasteiger partial charge on any atom is 0.319 e. The van der Waals surface area contributed by atoms with Crippen LogP contribution in [0, 0.1) is 0 Å². The van der Waals surface area contributed by atoms with E-state index in [4.69, 9.17) is 4.55 Å². The molecule has 1 aliphatic carbocycles. The van der Waals surface area contributed by atoms with Gasteiger partial charge in [-0.1, -0.05) is 18.2 Å². The molecule has 1 aromatic heterocycles. The Hall–Kier alpha value is -1.91. The number of aryl methyl sites for hydroxylation is 2. The first kappa shape index (κ1) is 22.3. The quantitative estimate of drug-likeness (QED) is 0.342. The third-order valence-corrected chi connectivity index (χ3v) is 7.82. The molecule has 7 nitrogen and oxygen atoms in total. The van der Waals surface area contributed by atoms with Gasteiger partial charge in [-0.3, -0.25) is 4.55 Å². The van der Waals surface area contributed by atoms with Crippen LogP contribution in [-0.2, 0) is 22.1 Å². The number of aromatic nitrogens is 1. The molecule has 1 saturated heterocycles. The maximum atomic E-state index is 10.9. The van der Waals surface area contributed by atoms with Crippen molar-refractivity contribution in [1.82, 2.24) is 0 Å². The number of allylic oxidation sites excluding steroid dienone is 1. The summed E-state index contributed by atoms with van der Waals surface area (Å²) in [6.07, 6.45) is 7.87. The smallest absolute Gasteiger partial charge is 0.319 e. The fourth-order valence-electron chi connectivity index (χ4n) is 4.21. The number of hydrogen-bond donors (Lipinski definition) is 3. The summed E-state index contributed by atoms with van der Waals surface area (Å²) in [6.45, 7) is 1.40. The highest BCUT2D eigenvalue weighted by molar-refractivity contribution is 8.69. The van der Waals surface area contributed by atoms with Crippen LogP contribution in [0.3, 0.4) is 0 Å². The Morgan fingerprint density at radius 3 is 2.48 bits per heavy atom. The van der Waals surface area contributed by atoms with Crippen LogP contribution in [0.5, 0.6) is 0 Å². The minimum atomic E-state index is -4.00. The Kier molecular flexibility index (Phi) is 6.68. The SMILES string of the molecule is O=S(=O)(O)SCC[n+]1ccc2c(c1)CCC/C2=C\c1ccc(N2CC(O)C(O)C2)cc1. The lowest BCUT2D eigenvalue weighted by atomic mass is 9.87. The third kappa shape index (κ3) is 5.67. The van der Waals surface area contributed by atoms with Crippen molar-refractivity contribution in [2.75, 3.05) is 23.7 Å². The highest BCUT2D eigenvalue weighted by atomic mass is 33.1. The van der Waals surface area contributed by atoms with E-state index in [0.717, 1.165) is 30.5 Å². The molecule has 2 heterocycles. The maximum absolute atomic E-state index is 10.9. The van der Waals surface area contributed by atoms with E-state index in [2.05, 4.69) is 30.5 Å². The molecule has 1 aromatic carbocycles. The van der Waals surface area contributed by atoms with Crippen LogP contribution in [0.25, 0.3) is 11.6 Å². The third-order valence-electron chi connectivity index (χ3n) is 5.78. The van der Waals surface area contributed by atoms with Gasteiger partial charge in [0.05, 0.1) is 18.0 Å². The number of β-amino-alcohol motifs (C(OH)–C–C–N with tert-alkyl or cyclic N) is 2. The van der Waals surface area contributed by atoms with Crippen molar-refractivity contribution >= 4 is 37.3 Å². The number of fused-ring (bicyclic) bond motifs is 1. The lowest BCUT2D eigenvalue weighted by Crippen LogP contribution is -2.35. The molecule has 0 spiro atoms. The molecule has 2 aliphatic rings. The first-order chi connectivity index (χ1) is 14.8. The molecule has 31 heavy (non-hydrogen) atoms. The van der Waals surface area contributed by atoms with E-state index < -0.39 is 21.4 Å². The first-order valence-corrected chi connectivity index (χ1v) is 13.3. The van der Waals surface area contributed by atoms with Gasteiger partial charge in [0, 0.05) is 41.2 Å². The molecule has 0 amide bonds. The molecule has 1 aliphatic heterocycles. The summed E-state index contributed by atoms with van der Waals surface area (Å²) in [7, 11) is -3.46. The summed E-state index contributed by atoms with van der Waals surface area (Å²) in [5.74, 6) is 0.294. The summed E-state index contributed by atoms with van der Waals surface area (Å²) in [4.78, 5) is 1.99. The summed E-state index contributed by atoms with van der Waals surface area (Å²) in [6, 6.07) is 10.2. The number of benzene rings is 1. The highest BCUT2D eigenvalue weighted by Crippen LogP contribution is 2.32. The van der Waals surface area contributed by atoms with Crippen molar-refractivity contribution in [3.05, 3.63) is 59.4 Å². The topological polar surface area (TPSA) is 102 Å². The van der Waals surface area contributed by atoms with Crippen LogP contribution in [0.2, 0.25) is 0 Å². The van der Waals surface area contributed by atoms with Gasteiger partial charge >= 0.3 is 9.15 Å². The number of aliphatic hydroxyl groups is 2. The molecule has 2 aromatic rings. The molecule has 0 radical (unpaired) electrons. The molecule has 2 unspecified atom stereocenters. The van der Waals surface area contributed by atoms with Crippen LogP contribution in [0.4, 0.5) is 5.69 Å². The number of nitrogens with zero attached hydrogens (tertiary/aromatic N) is 2. The molecular formula is C22H27N2O5S2+. The molecule has 0 saturated carbocycles. The predicted molar refractivity (Wildman–Crippen MR) is 122 cm³/mol. The van der Waals surface area contributed by atoms with E-state index in [0.29, 0.717) is 36.2 Å². The molecule has 2 atom stereocenters. The average Bonchev–Trinajstić information content (AvgIpc) is 3.06. The average molecular weight is 464 g/mol. The molecule has 3 N–H and O–H groups in total. The summed E-state index contributed by atoms with van der Waals surface area (Å²) < 4.78 is 32.6. The zero-order chi connectivity index (χ0) is 22.0. The van der Waals surface area contributed by atoms with Gasteiger partial charge in [-0.05, 0) is 48.1 Å². The Morgan fingerprint density at radius 2 is 1.81 bits per heavy atom. The standard InChI is InChI=1S/C22H26N2O5S2/c25-21-14-24(15-22(21)26)19-6-4-16(5-7-19)12-17-2-1-3-18-13-23(9-8-20(17)18)10-11-30-31(27,28)29/h4-9,12-13,21-22,25-26H,1-3,10-11,14-15H2/p+1. The van der Waals surface area contributed by atoms with E-state index in [9.17, 15) is 18.6 Å². The van der Waals surface area contributed by atoms with Crippen molar-refractivity contribution in [1.29, 1.82) is 0 Å². The van der Waals surface area contributed by atoms with Crippen LogP contribution in [-0.4, -0.2) is 54.2 Å². The Balaban J connectivity index is 1.47. The fourth-order valence-corrected chi connectivity index (χ4v) is 5.56. The van der Waals surface area contributed by atoms with Gasteiger partial charge in [0.15, 0.2) is 18.9 Å². The highest BCUT2D eigenvalue weighted by Gasteiger charge is 2.29. The summed E-state index contributed by atoms with van der Waals surface area (Å²) in [5, 5.41) is 19.5. The molecule has 1 fully saturated rings. The molecule has 0 bridgehead atoms. The van der Waals surface area contributed by atoms with Crippen molar-refractivity contribution in [3.8, 4) is 0 Å². The largest absolute Gasteiger partial charge is 0.389 e. The van der Waals surface area contributed by atoms with Crippen LogP contribution in [0.1, 0.15) is 29.5 Å². The van der Waals surface area contributed by atoms with Crippen molar-refractivity contribution in [2.24, 2.45) is 0 Å². The van der Waals surface area contributed by atoms with Gasteiger partial charge in [-0.2, -0.15) is 8.42 Å². The summed E-state index contributed by atoms with van der Waals surface area (Å²) in [5.41, 5.74) is 5.84. The van der Waals surface area contributed by atoms with Crippen molar-refractivity contribution < 1.29 is 27.8 Å². The Labute approximate surface area is 186 Å². The van der Waals surface area contributed by atoms with Gasteiger partial charge in [0.25, 0.3) is 0 Å². The predicted octanol–water partition coefficient (Wildman–Crippen LogP) is 1.93. The second kappa shape index (κ2) is 9.30. The second-order valence-corrected chi connectivity index (χ2v) is 11.5. The van der Waals surface area contributed by atoms with Crippen molar-refractivity contribution in [3.63, 3.8) is 0 Å². The normalized spacial score (nSPS) is 22.7. The second-order valence-electron chi connectivity index (χ2n) is 8.03. The van der Waals surface area contributed by atoms with Crippen LogP contribution < -0.4 is 9.47 Å². The van der Waals surface area contributed by atoms with Crippen LogP contribution in [0.15, 0.2) is 42.7 Å². The van der Waals surface area contributed by atoms with Crippen molar-refractivity contribution in [2.45, 2.75) is 38.0 Å². The molecule has 9 heteroatoms. The van der Waals surface area contributed by atoms with Gasteiger partial charge in [-0.15, -0.1) is 0 Å². The van der Waals surface area contributed by atoms with E-state index in [1.165, 1.54) is 16.7 Å². The van der Waals surface area contributed by atoms with E-state index in [1.54, 1.807) is 0 Å². The zero-order valence-electron chi connectivity index (χ0n) is 17.1. The van der Waals surface area contributed by atoms with E-state index in [-0.39, 0.29) is 0 Å². The fraction of sp³-hybridized carbons (Fsp3) is 0.409. The molecular weight excluding hydrogens is 436 g/mol. The van der Waals surface area contributed by atoms with Crippen LogP contribution >= 0.6 is 10.8 Å². The van der Waals surface area contributed by atoms with Gasteiger partial charge in [0.1, 0.15) is 0 Å². The number of anilines is 1. The number of aliphatic hydroxyl groups excluding tert-OH is 2.